The summed E-state index contributed by atoms with van der Waals surface area (Å²) in [7, 11) is 0. The van der Waals surface area contributed by atoms with Gasteiger partial charge in [-0.2, -0.15) is 0 Å². The summed E-state index contributed by atoms with van der Waals surface area (Å²) < 4.78 is 0. The number of aromatic nitrogens is 3. The molecule has 4 nitrogen and oxygen atoms in total. The van der Waals surface area contributed by atoms with Crippen molar-refractivity contribution in [1.29, 1.82) is 0 Å². The van der Waals surface area contributed by atoms with E-state index in [1.54, 1.807) is 30.9 Å². The summed E-state index contributed by atoms with van der Waals surface area (Å²) in [6.07, 6.45) is 8.31. The number of rotatable bonds is 2. The van der Waals surface area contributed by atoms with Crippen LogP contribution in [0.4, 0.5) is 5.82 Å². The maximum Gasteiger partial charge on any atom is 0.155 e. The zero-order chi connectivity index (χ0) is 9.64. The van der Waals surface area contributed by atoms with Crippen molar-refractivity contribution >= 4 is 12.0 Å². The van der Waals surface area contributed by atoms with Gasteiger partial charge in [0, 0.05) is 36.4 Å². The predicted octanol–water partition coefficient (Wildman–Crippen LogP) is 1.62. The lowest BCUT2D eigenvalue weighted by atomic mass is 10.3. The van der Waals surface area contributed by atoms with Gasteiger partial charge in [0.1, 0.15) is 6.33 Å². The first-order chi connectivity index (χ1) is 6.95. The normalized spacial score (nSPS) is 10.6. The molecule has 14 heavy (non-hydrogen) atoms. The lowest BCUT2D eigenvalue weighted by molar-refractivity contribution is 1.15. The Morgan fingerprint density at radius 1 is 1.14 bits per heavy atom. The second kappa shape index (κ2) is 4.23. The molecule has 0 bridgehead atoms. The average molecular weight is 184 g/mol. The molecule has 0 spiro atoms. The Bertz CT molecular complexity index is 369. The second-order valence-corrected chi connectivity index (χ2v) is 2.61. The molecular weight excluding hydrogens is 176 g/mol. The van der Waals surface area contributed by atoms with E-state index in [-0.39, 0.29) is 0 Å². The highest BCUT2D eigenvalue weighted by Gasteiger charge is 1.87. The SMILES string of the molecule is C(=Nc1ccncn1)c1cccnc1. The van der Waals surface area contributed by atoms with E-state index >= 15 is 0 Å². The van der Waals surface area contributed by atoms with Crippen LogP contribution >= 0.6 is 0 Å². The predicted molar refractivity (Wildman–Crippen MR) is 53.5 cm³/mol. The molecule has 0 unspecified atom stereocenters. The molecule has 0 aliphatic heterocycles. The van der Waals surface area contributed by atoms with Crippen molar-refractivity contribution in [2.45, 2.75) is 0 Å². The topological polar surface area (TPSA) is 51.0 Å². The fourth-order valence-corrected chi connectivity index (χ4v) is 0.953. The van der Waals surface area contributed by atoms with Gasteiger partial charge in [-0.25, -0.2) is 15.0 Å². The molecule has 0 amide bonds. The van der Waals surface area contributed by atoms with E-state index in [2.05, 4.69) is 19.9 Å². The third-order valence-corrected chi connectivity index (χ3v) is 1.60. The minimum absolute atomic E-state index is 0.642. The van der Waals surface area contributed by atoms with E-state index in [4.69, 9.17) is 0 Å². The van der Waals surface area contributed by atoms with Crippen LogP contribution in [0.1, 0.15) is 5.56 Å². The molecule has 0 N–H and O–H groups in total. The van der Waals surface area contributed by atoms with Gasteiger partial charge in [-0.3, -0.25) is 4.98 Å². The molecule has 2 heterocycles. The van der Waals surface area contributed by atoms with E-state index in [1.165, 1.54) is 6.33 Å². The van der Waals surface area contributed by atoms with Gasteiger partial charge in [0.25, 0.3) is 0 Å². The van der Waals surface area contributed by atoms with Gasteiger partial charge in [-0.05, 0) is 6.07 Å². The first-order valence-electron chi connectivity index (χ1n) is 4.15. The van der Waals surface area contributed by atoms with Gasteiger partial charge in [-0.1, -0.05) is 6.07 Å². The number of pyridine rings is 1. The fourth-order valence-electron chi connectivity index (χ4n) is 0.953. The molecule has 2 aromatic rings. The second-order valence-electron chi connectivity index (χ2n) is 2.61. The van der Waals surface area contributed by atoms with Gasteiger partial charge in [0.15, 0.2) is 5.82 Å². The number of hydrogen-bond donors (Lipinski definition) is 0. The highest BCUT2D eigenvalue weighted by Crippen LogP contribution is 2.03. The molecule has 0 aliphatic rings. The Labute approximate surface area is 81.4 Å². The van der Waals surface area contributed by atoms with E-state index in [1.807, 2.05) is 12.1 Å². The molecule has 0 aliphatic carbocycles. The maximum absolute atomic E-state index is 4.16. The first kappa shape index (κ1) is 8.50. The highest BCUT2D eigenvalue weighted by atomic mass is 14.9. The minimum atomic E-state index is 0.642. The first-order valence-corrected chi connectivity index (χ1v) is 4.15. The zero-order valence-corrected chi connectivity index (χ0v) is 7.41. The Morgan fingerprint density at radius 3 is 2.86 bits per heavy atom. The monoisotopic (exact) mass is 184 g/mol. The third-order valence-electron chi connectivity index (χ3n) is 1.60. The molecule has 68 valence electrons. The molecule has 0 radical (unpaired) electrons. The summed E-state index contributed by atoms with van der Waals surface area (Å²) in [5.41, 5.74) is 0.950. The standard InChI is InChI=1S/C10H8N4/c1-2-9(6-11-4-1)7-13-10-3-5-12-8-14-10/h1-8H. The smallest absolute Gasteiger partial charge is 0.155 e. The summed E-state index contributed by atoms with van der Waals surface area (Å²) in [4.78, 5) is 15.9. The third kappa shape index (κ3) is 2.20. The summed E-state index contributed by atoms with van der Waals surface area (Å²) in [5.74, 6) is 0.642. The largest absolute Gasteiger partial charge is 0.264 e. The van der Waals surface area contributed by atoms with Gasteiger partial charge in [0.05, 0.1) is 0 Å². The Balaban J connectivity index is 2.16. The van der Waals surface area contributed by atoms with Crippen molar-refractivity contribution < 1.29 is 0 Å². The van der Waals surface area contributed by atoms with Crippen LogP contribution < -0.4 is 0 Å². The van der Waals surface area contributed by atoms with Crippen LogP contribution in [0.2, 0.25) is 0 Å². The van der Waals surface area contributed by atoms with Crippen LogP contribution in [0.15, 0.2) is 48.1 Å². The van der Waals surface area contributed by atoms with Crippen LogP contribution in [0, 0.1) is 0 Å². The molecule has 2 aromatic heterocycles. The van der Waals surface area contributed by atoms with Crippen molar-refractivity contribution in [2.75, 3.05) is 0 Å². The molecular formula is C10H8N4. The number of hydrogen-bond acceptors (Lipinski definition) is 4. The van der Waals surface area contributed by atoms with Crippen molar-refractivity contribution in [1.82, 2.24) is 15.0 Å². The fraction of sp³-hybridized carbons (Fsp3) is 0. The van der Waals surface area contributed by atoms with Crippen LogP contribution in [-0.2, 0) is 0 Å². The van der Waals surface area contributed by atoms with Gasteiger partial charge < -0.3 is 0 Å². The quantitative estimate of drug-likeness (QED) is 0.666. The van der Waals surface area contributed by atoms with Crippen LogP contribution in [0.25, 0.3) is 0 Å². The van der Waals surface area contributed by atoms with Crippen LogP contribution in [0.3, 0.4) is 0 Å². The zero-order valence-electron chi connectivity index (χ0n) is 7.41. The van der Waals surface area contributed by atoms with E-state index in [0.29, 0.717) is 5.82 Å². The number of aliphatic imine (C=N–C) groups is 1. The molecule has 2 rings (SSSR count). The van der Waals surface area contributed by atoms with E-state index in [0.717, 1.165) is 5.56 Å². The minimum Gasteiger partial charge on any atom is -0.264 e. The summed E-state index contributed by atoms with van der Waals surface area (Å²) in [5, 5.41) is 0. The summed E-state index contributed by atoms with van der Waals surface area (Å²) >= 11 is 0. The average Bonchev–Trinajstić information content (AvgIpc) is 2.29. The van der Waals surface area contributed by atoms with E-state index < -0.39 is 0 Å². The molecule has 0 fully saturated rings. The molecule has 4 heteroatoms. The maximum atomic E-state index is 4.16. The van der Waals surface area contributed by atoms with E-state index in [9.17, 15) is 0 Å². The number of nitrogens with zero attached hydrogens (tertiary/aromatic N) is 4. The van der Waals surface area contributed by atoms with Gasteiger partial charge >= 0.3 is 0 Å². The summed E-state index contributed by atoms with van der Waals surface area (Å²) in [6.45, 7) is 0. The molecule has 0 saturated carbocycles. The van der Waals surface area contributed by atoms with Crippen LogP contribution in [-0.4, -0.2) is 21.2 Å². The lowest BCUT2D eigenvalue weighted by Crippen LogP contribution is -1.82. The van der Waals surface area contributed by atoms with Crippen molar-refractivity contribution in [3.8, 4) is 0 Å². The molecule has 0 atom stereocenters. The molecule has 0 aromatic carbocycles. The molecule has 0 saturated heterocycles. The van der Waals surface area contributed by atoms with Crippen molar-refractivity contribution in [3.63, 3.8) is 0 Å². The Hall–Kier alpha value is -2.10. The summed E-state index contributed by atoms with van der Waals surface area (Å²) in [6, 6.07) is 5.53. The highest BCUT2D eigenvalue weighted by molar-refractivity contribution is 5.80. The van der Waals surface area contributed by atoms with Crippen LogP contribution in [0.5, 0.6) is 0 Å². The van der Waals surface area contributed by atoms with Gasteiger partial charge in [-0.15, -0.1) is 0 Å². The Kier molecular flexibility index (Phi) is 2.56. The van der Waals surface area contributed by atoms with Crippen molar-refractivity contribution in [2.24, 2.45) is 4.99 Å². The lowest BCUT2D eigenvalue weighted by Gasteiger charge is -1.90. The Morgan fingerprint density at radius 2 is 2.14 bits per heavy atom. The van der Waals surface area contributed by atoms with Crippen molar-refractivity contribution in [3.05, 3.63) is 48.7 Å². The van der Waals surface area contributed by atoms with Gasteiger partial charge in [0.2, 0.25) is 0 Å².